The molecule has 0 bridgehead atoms. The fourth-order valence-corrected chi connectivity index (χ4v) is 4.80. The van der Waals surface area contributed by atoms with Gasteiger partial charge >= 0.3 is 0 Å². The van der Waals surface area contributed by atoms with Crippen molar-refractivity contribution in [1.29, 1.82) is 0 Å². The Kier molecular flexibility index (Phi) is 5.36. The van der Waals surface area contributed by atoms with Crippen molar-refractivity contribution in [2.24, 2.45) is 0 Å². The highest BCUT2D eigenvalue weighted by atomic mass is 32.2. The first-order valence-electron chi connectivity index (χ1n) is 9.29. The van der Waals surface area contributed by atoms with Crippen molar-refractivity contribution >= 4 is 21.6 Å². The molecule has 1 aliphatic rings. The molecule has 0 spiro atoms. The van der Waals surface area contributed by atoms with Crippen LogP contribution >= 0.6 is 0 Å². The fraction of sp³-hybridized carbons (Fsp3) is 0.263. The molecule has 9 nitrogen and oxygen atoms in total. The number of carbonyl (C=O) groups excluding carboxylic acids is 1. The quantitative estimate of drug-likeness (QED) is 0.687. The van der Waals surface area contributed by atoms with Gasteiger partial charge in [0.1, 0.15) is 6.33 Å². The minimum atomic E-state index is -3.56. The number of hydrogen-bond donors (Lipinski definition) is 1. The number of aromatic nitrogens is 4. The van der Waals surface area contributed by atoms with Crippen LogP contribution in [-0.4, -0.2) is 51.9 Å². The van der Waals surface area contributed by atoms with E-state index in [0.29, 0.717) is 24.3 Å². The Balaban J connectivity index is 1.49. The maximum absolute atomic E-state index is 12.8. The van der Waals surface area contributed by atoms with Crippen molar-refractivity contribution in [3.8, 4) is 5.69 Å². The average molecular weight is 412 g/mol. The third-order valence-electron chi connectivity index (χ3n) is 4.79. The number of piperidine rings is 1. The number of carbonyl (C=O) groups is 1. The summed E-state index contributed by atoms with van der Waals surface area (Å²) in [5, 5.41) is 13.7. The summed E-state index contributed by atoms with van der Waals surface area (Å²) in [6.45, 7) is 1.07. The third-order valence-corrected chi connectivity index (χ3v) is 6.68. The van der Waals surface area contributed by atoms with Crippen LogP contribution in [-0.2, 0) is 10.0 Å². The molecule has 29 heavy (non-hydrogen) atoms. The normalized spacial score (nSPS) is 15.2. The molecule has 0 aliphatic carbocycles. The molecule has 0 atom stereocenters. The average Bonchev–Trinajstić information content (AvgIpc) is 3.30. The number of hydrogen-bond acceptors (Lipinski definition) is 6. The first-order chi connectivity index (χ1) is 14.0. The summed E-state index contributed by atoms with van der Waals surface area (Å²) in [6.07, 6.45) is 4.25. The van der Waals surface area contributed by atoms with Crippen molar-refractivity contribution in [3.63, 3.8) is 0 Å². The van der Waals surface area contributed by atoms with Crippen molar-refractivity contribution in [2.45, 2.75) is 24.2 Å². The van der Waals surface area contributed by atoms with Gasteiger partial charge < -0.3 is 5.32 Å². The van der Waals surface area contributed by atoms with Crippen LogP contribution in [0.5, 0.6) is 0 Å². The van der Waals surface area contributed by atoms with Crippen LogP contribution in [0.2, 0.25) is 0 Å². The second-order valence-electron chi connectivity index (χ2n) is 6.75. The highest BCUT2D eigenvalue weighted by molar-refractivity contribution is 7.89. The van der Waals surface area contributed by atoms with Crippen LogP contribution < -0.4 is 5.32 Å². The van der Waals surface area contributed by atoms with Crippen LogP contribution in [0.15, 0.2) is 59.8 Å². The molecule has 1 fully saturated rings. The highest BCUT2D eigenvalue weighted by Gasteiger charge is 2.26. The largest absolute Gasteiger partial charge is 0.322 e. The molecular weight excluding hydrogens is 392 g/mol. The van der Waals surface area contributed by atoms with Gasteiger partial charge in [0, 0.05) is 24.3 Å². The summed E-state index contributed by atoms with van der Waals surface area (Å²) >= 11 is 0. The van der Waals surface area contributed by atoms with Gasteiger partial charge in [-0.15, -0.1) is 5.10 Å². The van der Waals surface area contributed by atoms with E-state index in [1.165, 1.54) is 21.4 Å². The molecule has 2 heterocycles. The standard InChI is InChI=1S/C19H20N6O3S/c26-19(15-7-9-17(10-8-15)25-14-20-22-23-25)21-16-5-4-6-18(13-16)29(27,28)24-11-2-1-3-12-24/h4-10,13-14H,1-3,11-12H2,(H,21,26). The number of nitrogens with zero attached hydrogens (tertiary/aromatic N) is 5. The van der Waals surface area contributed by atoms with E-state index in [1.807, 2.05) is 0 Å². The summed E-state index contributed by atoms with van der Waals surface area (Å²) in [5.41, 5.74) is 1.59. The molecule has 0 radical (unpaired) electrons. The zero-order chi connectivity index (χ0) is 20.3. The molecule has 1 aliphatic heterocycles. The number of amides is 1. The molecule has 4 rings (SSSR count). The van der Waals surface area contributed by atoms with Gasteiger partial charge in [0.25, 0.3) is 5.91 Å². The molecular formula is C19H20N6O3S. The Morgan fingerprint density at radius 3 is 2.45 bits per heavy atom. The minimum absolute atomic E-state index is 0.186. The van der Waals surface area contributed by atoms with E-state index in [-0.39, 0.29) is 10.8 Å². The van der Waals surface area contributed by atoms with Gasteiger partial charge in [-0.2, -0.15) is 4.31 Å². The number of benzene rings is 2. The molecule has 150 valence electrons. The summed E-state index contributed by atoms with van der Waals surface area (Å²) < 4.78 is 28.7. The van der Waals surface area contributed by atoms with E-state index in [2.05, 4.69) is 20.8 Å². The Labute approximate surface area is 168 Å². The predicted molar refractivity (Wildman–Crippen MR) is 106 cm³/mol. The van der Waals surface area contributed by atoms with E-state index in [9.17, 15) is 13.2 Å². The first kappa shape index (κ1) is 19.2. The van der Waals surface area contributed by atoms with Crippen molar-refractivity contribution in [3.05, 3.63) is 60.4 Å². The topological polar surface area (TPSA) is 110 Å². The molecule has 1 N–H and O–H groups in total. The van der Waals surface area contributed by atoms with Gasteiger partial charge in [0.15, 0.2) is 0 Å². The summed E-state index contributed by atoms with van der Waals surface area (Å²) in [7, 11) is -3.56. The van der Waals surface area contributed by atoms with Crippen molar-refractivity contribution in [1.82, 2.24) is 24.5 Å². The van der Waals surface area contributed by atoms with Crippen LogP contribution in [0.1, 0.15) is 29.6 Å². The molecule has 10 heteroatoms. The summed E-state index contributed by atoms with van der Waals surface area (Å²) in [5.74, 6) is -0.333. The van der Waals surface area contributed by atoms with E-state index in [0.717, 1.165) is 24.9 Å². The van der Waals surface area contributed by atoms with Crippen LogP contribution in [0, 0.1) is 0 Å². The fourth-order valence-electron chi connectivity index (χ4n) is 3.24. The molecule has 3 aromatic rings. The molecule has 1 aromatic heterocycles. The second-order valence-corrected chi connectivity index (χ2v) is 8.69. The maximum atomic E-state index is 12.8. The number of rotatable bonds is 5. The van der Waals surface area contributed by atoms with E-state index in [4.69, 9.17) is 0 Å². The van der Waals surface area contributed by atoms with Crippen molar-refractivity contribution < 1.29 is 13.2 Å². The maximum Gasteiger partial charge on any atom is 0.255 e. The Morgan fingerprint density at radius 1 is 1.00 bits per heavy atom. The van der Waals surface area contributed by atoms with Crippen LogP contribution in [0.4, 0.5) is 5.69 Å². The van der Waals surface area contributed by atoms with Gasteiger partial charge in [-0.05, 0) is 65.7 Å². The zero-order valence-corrected chi connectivity index (χ0v) is 16.4. The number of nitrogens with one attached hydrogen (secondary N) is 1. The highest BCUT2D eigenvalue weighted by Crippen LogP contribution is 2.23. The summed E-state index contributed by atoms with van der Waals surface area (Å²) in [6, 6.07) is 13.1. The Hall–Kier alpha value is -3.11. The smallest absolute Gasteiger partial charge is 0.255 e. The first-order valence-corrected chi connectivity index (χ1v) is 10.7. The van der Waals surface area contributed by atoms with Crippen LogP contribution in [0.3, 0.4) is 0 Å². The molecule has 1 saturated heterocycles. The molecule has 1 amide bonds. The second kappa shape index (κ2) is 8.10. The third kappa shape index (κ3) is 4.17. The zero-order valence-electron chi connectivity index (χ0n) is 15.6. The number of anilines is 1. The summed E-state index contributed by atoms with van der Waals surface area (Å²) in [4.78, 5) is 12.7. The lowest BCUT2D eigenvalue weighted by atomic mass is 10.2. The minimum Gasteiger partial charge on any atom is -0.322 e. The molecule has 0 unspecified atom stereocenters. The monoisotopic (exact) mass is 412 g/mol. The Bertz CT molecular complexity index is 1090. The Morgan fingerprint density at radius 2 is 1.76 bits per heavy atom. The van der Waals surface area contributed by atoms with E-state index in [1.54, 1.807) is 42.5 Å². The molecule has 2 aromatic carbocycles. The molecule has 0 saturated carbocycles. The SMILES string of the molecule is O=C(Nc1cccc(S(=O)(=O)N2CCCCC2)c1)c1ccc(-n2cnnn2)cc1. The predicted octanol–water partition coefficient (Wildman–Crippen LogP) is 2.09. The lowest BCUT2D eigenvalue weighted by Gasteiger charge is -2.26. The number of sulfonamides is 1. The number of tetrazole rings is 1. The van der Waals surface area contributed by atoms with Crippen molar-refractivity contribution in [2.75, 3.05) is 18.4 Å². The van der Waals surface area contributed by atoms with E-state index >= 15 is 0 Å². The van der Waals surface area contributed by atoms with Crippen LogP contribution in [0.25, 0.3) is 5.69 Å². The van der Waals surface area contributed by atoms with Gasteiger partial charge in [-0.1, -0.05) is 12.5 Å². The van der Waals surface area contributed by atoms with E-state index < -0.39 is 10.0 Å². The van der Waals surface area contributed by atoms with Gasteiger partial charge in [-0.25, -0.2) is 13.1 Å². The lowest BCUT2D eigenvalue weighted by molar-refractivity contribution is 0.102. The van der Waals surface area contributed by atoms with Gasteiger partial charge in [-0.3, -0.25) is 4.79 Å². The lowest BCUT2D eigenvalue weighted by Crippen LogP contribution is -2.35. The van der Waals surface area contributed by atoms with Gasteiger partial charge in [0.05, 0.1) is 10.6 Å². The van der Waals surface area contributed by atoms with Gasteiger partial charge in [0.2, 0.25) is 10.0 Å².